The van der Waals surface area contributed by atoms with Gasteiger partial charge in [0, 0.05) is 11.1 Å². The third kappa shape index (κ3) is 3.38. The van der Waals surface area contributed by atoms with Crippen molar-refractivity contribution in [2.24, 2.45) is 0 Å². The second-order valence-corrected chi connectivity index (χ2v) is 4.77. The zero-order valence-electron chi connectivity index (χ0n) is 11.9. The summed E-state index contributed by atoms with van der Waals surface area (Å²) in [4.78, 5) is 12.2. The van der Waals surface area contributed by atoms with Crippen molar-refractivity contribution < 1.29 is 9.53 Å². The molecule has 1 aromatic heterocycles. The summed E-state index contributed by atoms with van der Waals surface area (Å²) < 4.78 is 5.58. The van der Waals surface area contributed by atoms with Gasteiger partial charge in [-0.3, -0.25) is 9.89 Å². The van der Waals surface area contributed by atoms with Crippen LogP contribution < -0.4 is 10.1 Å². The average molecular weight is 273 g/mol. The van der Waals surface area contributed by atoms with E-state index in [1.807, 2.05) is 26.8 Å². The molecular weight excluding hydrogens is 254 g/mol. The number of benzene rings is 1. The molecule has 0 radical (unpaired) electrons. The number of aryl methyl sites for hydroxylation is 1. The lowest BCUT2D eigenvalue weighted by atomic mass is 10.2. The lowest BCUT2D eigenvalue weighted by Crippen LogP contribution is -2.14. The summed E-state index contributed by atoms with van der Waals surface area (Å²) in [7, 11) is 0. The number of carbonyl (C=O) groups excluding carboxylic acids is 1. The van der Waals surface area contributed by atoms with Gasteiger partial charge in [-0.05, 0) is 38.5 Å². The molecule has 0 spiro atoms. The molecule has 0 bridgehead atoms. The first-order chi connectivity index (χ1) is 9.60. The van der Waals surface area contributed by atoms with Gasteiger partial charge < -0.3 is 10.1 Å². The molecule has 0 saturated heterocycles. The molecule has 1 heterocycles. The van der Waals surface area contributed by atoms with E-state index in [0.29, 0.717) is 17.1 Å². The van der Waals surface area contributed by atoms with E-state index in [-0.39, 0.29) is 12.0 Å². The van der Waals surface area contributed by atoms with Gasteiger partial charge in [-0.2, -0.15) is 5.10 Å². The highest BCUT2D eigenvalue weighted by Gasteiger charge is 2.11. The van der Waals surface area contributed by atoms with Crippen molar-refractivity contribution in [2.45, 2.75) is 33.3 Å². The Labute approximate surface area is 118 Å². The van der Waals surface area contributed by atoms with Crippen LogP contribution in [0.4, 0.5) is 5.82 Å². The number of rotatable bonds is 5. The molecule has 2 aromatic rings. The molecular formula is C15H19N3O2. The monoisotopic (exact) mass is 273 g/mol. The summed E-state index contributed by atoms with van der Waals surface area (Å²) >= 11 is 0. The van der Waals surface area contributed by atoms with Gasteiger partial charge in [0.2, 0.25) is 0 Å². The minimum absolute atomic E-state index is 0.0765. The highest BCUT2D eigenvalue weighted by molar-refractivity contribution is 6.04. The van der Waals surface area contributed by atoms with Crippen molar-refractivity contribution in [1.29, 1.82) is 0 Å². The smallest absolute Gasteiger partial charge is 0.256 e. The van der Waals surface area contributed by atoms with Gasteiger partial charge in [-0.25, -0.2) is 0 Å². The SMILES string of the molecule is CCc1cn[nH]c1NC(=O)c1cccc(OC(C)C)c1. The molecule has 1 aromatic carbocycles. The van der Waals surface area contributed by atoms with Gasteiger partial charge in [0.05, 0.1) is 12.3 Å². The molecule has 0 fully saturated rings. The van der Waals surface area contributed by atoms with Crippen LogP contribution in [0.25, 0.3) is 0 Å². The minimum Gasteiger partial charge on any atom is -0.491 e. The number of hydrogen-bond donors (Lipinski definition) is 2. The summed E-state index contributed by atoms with van der Waals surface area (Å²) in [6.07, 6.45) is 2.60. The van der Waals surface area contributed by atoms with E-state index in [0.717, 1.165) is 12.0 Å². The summed E-state index contributed by atoms with van der Waals surface area (Å²) in [5.41, 5.74) is 1.53. The third-order valence-electron chi connectivity index (χ3n) is 2.81. The number of aromatic nitrogens is 2. The maximum atomic E-state index is 12.2. The lowest BCUT2D eigenvalue weighted by Gasteiger charge is -2.11. The van der Waals surface area contributed by atoms with Crippen molar-refractivity contribution >= 4 is 11.7 Å². The predicted octanol–water partition coefficient (Wildman–Crippen LogP) is 3.01. The van der Waals surface area contributed by atoms with E-state index in [1.54, 1.807) is 24.4 Å². The number of aromatic amines is 1. The van der Waals surface area contributed by atoms with Crippen LogP contribution in [0.2, 0.25) is 0 Å². The Kier molecular flexibility index (Phi) is 4.40. The summed E-state index contributed by atoms with van der Waals surface area (Å²) in [6, 6.07) is 7.13. The quantitative estimate of drug-likeness (QED) is 0.880. The largest absolute Gasteiger partial charge is 0.491 e. The molecule has 0 aliphatic rings. The Balaban J connectivity index is 2.13. The van der Waals surface area contributed by atoms with Crippen LogP contribution in [0, 0.1) is 0 Å². The Morgan fingerprint density at radius 2 is 2.25 bits per heavy atom. The number of amides is 1. The third-order valence-corrected chi connectivity index (χ3v) is 2.81. The fourth-order valence-electron chi connectivity index (χ4n) is 1.86. The second-order valence-electron chi connectivity index (χ2n) is 4.77. The first-order valence-electron chi connectivity index (χ1n) is 6.70. The van der Waals surface area contributed by atoms with Gasteiger partial charge in [-0.15, -0.1) is 0 Å². The molecule has 0 atom stereocenters. The van der Waals surface area contributed by atoms with Gasteiger partial charge in [-0.1, -0.05) is 13.0 Å². The molecule has 5 heteroatoms. The fraction of sp³-hybridized carbons (Fsp3) is 0.333. The highest BCUT2D eigenvalue weighted by Crippen LogP contribution is 2.17. The number of H-pyrrole nitrogens is 1. The molecule has 0 aliphatic carbocycles. The molecule has 1 amide bonds. The van der Waals surface area contributed by atoms with Crippen molar-refractivity contribution in [3.05, 3.63) is 41.6 Å². The Hall–Kier alpha value is -2.30. The van der Waals surface area contributed by atoms with Crippen LogP contribution in [-0.2, 0) is 6.42 Å². The number of hydrogen-bond acceptors (Lipinski definition) is 3. The number of ether oxygens (including phenoxy) is 1. The highest BCUT2D eigenvalue weighted by atomic mass is 16.5. The van der Waals surface area contributed by atoms with E-state index in [9.17, 15) is 4.79 Å². The van der Waals surface area contributed by atoms with Crippen LogP contribution >= 0.6 is 0 Å². The number of nitrogens with zero attached hydrogens (tertiary/aromatic N) is 1. The minimum atomic E-state index is -0.182. The van der Waals surface area contributed by atoms with Crippen molar-refractivity contribution in [1.82, 2.24) is 10.2 Å². The molecule has 5 nitrogen and oxygen atoms in total. The van der Waals surface area contributed by atoms with Crippen LogP contribution in [0.1, 0.15) is 36.7 Å². The van der Waals surface area contributed by atoms with Crippen LogP contribution in [-0.4, -0.2) is 22.2 Å². The van der Waals surface area contributed by atoms with Gasteiger partial charge in [0.25, 0.3) is 5.91 Å². The van der Waals surface area contributed by atoms with Gasteiger partial charge in [0.1, 0.15) is 11.6 Å². The van der Waals surface area contributed by atoms with E-state index in [4.69, 9.17) is 4.74 Å². The molecule has 0 unspecified atom stereocenters. The van der Waals surface area contributed by atoms with Gasteiger partial charge in [0.15, 0.2) is 0 Å². The normalized spacial score (nSPS) is 10.6. The first-order valence-corrected chi connectivity index (χ1v) is 6.70. The summed E-state index contributed by atoms with van der Waals surface area (Å²) in [5.74, 6) is 1.15. The zero-order valence-corrected chi connectivity index (χ0v) is 11.9. The molecule has 0 aliphatic heterocycles. The maximum Gasteiger partial charge on any atom is 0.256 e. The summed E-state index contributed by atoms with van der Waals surface area (Å²) in [5, 5.41) is 9.55. The van der Waals surface area contributed by atoms with Crippen LogP contribution in [0.15, 0.2) is 30.5 Å². The molecule has 0 saturated carbocycles. The molecule has 106 valence electrons. The Morgan fingerprint density at radius 3 is 2.95 bits per heavy atom. The van der Waals surface area contributed by atoms with Gasteiger partial charge >= 0.3 is 0 Å². The zero-order chi connectivity index (χ0) is 14.5. The lowest BCUT2D eigenvalue weighted by molar-refractivity contribution is 0.102. The van der Waals surface area contributed by atoms with Crippen LogP contribution in [0.3, 0.4) is 0 Å². The van der Waals surface area contributed by atoms with Crippen LogP contribution in [0.5, 0.6) is 5.75 Å². The summed E-state index contributed by atoms with van der Waals surface area (Å²) in [6.45, 7) is 5.91. The second kappa shape index (κ2) is 6.23. The average Bonchev–Trinajstić information content (AvgIpc) is 2.85. The number of nitrogens with one attached hydrogen (secondary N) is 2. The standard InChI is InChI=1S/C15H19N3O2/c1-4-11-9-16-18-14(11)17-15(19)12-6-5-7-13(8-12)20-10(2)3/h5-10H,4H2,1-3H3,(H2,16,17,18,19). The Morgan fingerprint density at radius 1 is 1.45 bits per heavy atom. The van der Waals surface area contributed by atoms with E-state index < -0.39 is 0 Å². The maximum absolute atomic E-state index is 12.2. The molecule has 2 rings (SSSR count). The van der Waals surface area contributed by atoms with Crippen molar-refractivity contribution in [2.75, 3.05) is 5.32 Å². The van der Waals surface area contributed by atoms with E-state index >= 15 is 0 Å². The topological polar surface area (TPSA) is 67.0 Å². The van der Waals surface area contributed by atoms with E-state index in [2.05, 4.69) is 15.5 Å². The molecule has 2 N–H and O–H groups in total. The Bertz CT molecular complexity index is 590. The first kappa shape index (κ1) is 14.1. The van der Waals surface area contributed by atoms with Crippen molar-refractivity contribution in [3.8, 4) is 5.75 Å². The van der Waals surface area contributed by atoms with Crippen molar-refractivity contribution in [3.63, 3.8) is 0 Å². The number of anilines is 1. The molecule has 20 heavy (non-hydrogen) atoms. The number of carbonyl (C=O) groups is 1. The fourth-order valence-corrected chi connectivity index (χ4v) is 1.86. The predicted molar refractivity (Wildman–Crippen MR) is 78.1 cm³/mol. The van der Waals surface area contributed by atoms with E-state index in [1.165, 1.54) is 0 Å².